The van der Waals surface area contributed by atoms with Gasteiger partial charge in [-0.25, -0.2) is 0 Å². The smallest absolute Gasteiger partial charge is 0.325 e. The third kappa shape index (κ3) is 2.27. The summed E-state index contributed by atoms with van der Waals surface area (Å²) in [6.07, 6.45) is 6.67. The van der Waals surface area contributed by atoms with Crippen LogP contribution < -0.4 is 0 Å². The number of ether oxygens (including phenoxy) is 2. The van der Waals surface area contributed by atoms with E-state index in [0.717, 1.165) is 14.2 Å². The molecule has 1 atom stereocenters. The molecule has 0 saturated carbocycles. The topological polar surface area (TPSA) is 72.9 Å². The third-order valence-electron chi connectivity index (χ3n) is 3.45. The Morgan fingerprint density at radius 2 is 2.05 bits per heavy atom. The lowest BCUT2D eigenvalue weighted by atomic mass is 9.78. The molecular formula is C14H17NO5. The lowest BCUT2D eigenvalue weighted by Crippen LogP contribution is -2.51. The Morgan fingerprint density at radius 1 is 1.50 bits per heavy atom. The molecule has 1 amide bonds. The molecule has 1 saturated heterocycles. The fourth-order valence-corrected chi connectivity index (χ4v) is 2.54. The Labute approximate surface area is 117 Å². The van der Waals surface area contributed by atoms with Gasteiger partial charge in [-0.1, -0.05) is 12.0 Å². The molecule has 6 nitrogen and oxygen atoms in total. The first-order valence-corrected chi connectivity index (χ1v) is 6.00. The number of methoxy groups -OCH3 is 2. The summed E-state index contributed by atoms with van der Waals surface area (Å²) in [5.41, 5.74) is -1.69. The predicted octanol–water partition coefficient (Wildman–Crippen LogP) is 0.129. The number of terminal acetylenes is 1. The zero-order chi connectivity index (χ0) is 15.3. The maximum atomic E-state index is 12.1. The Hall–Kier alpha value is -2.29. The number of amides is 1. The van der Waals surface area contributed by atoms with Gasteiger partial charge in [0.1, 0.15) is 0 Å². The number of hydrogen-bond acceptors (Lipinski definition) is 5. The van der Waals surface area contributed by atoms with E-state index in [1.54, 1.807) is 0 Å². The van der Waals surface area contributed by atoms with Crippen LogP contribution in [-0.2, 0) is 23.9 Å². The van der Waals surface area contributed by atoms with Crippen molar-refractivity contribution in [3.8, 4) is 12.3 Å². The number of hydrogen-bond donors (Lipinski definition) is 0. The molecule has 1 aliphatic heterocycles. The SMILES string of the molecule is C#CCN1C(=O)CC(C(=O)OC)(C(=O)OC)C1CC=C. The molecule has 0 aromatic carbocycles. The second-order valence-electron chi connectivity index (χ2n) is 4.40. The molecule has 20 heavy (non-hydrogen) atoms. The minimum atomic E-state index is -1.69. The van der Waals surface area contributed by atoms with Crippen molar-refractivity contribution < 1.29 is 23.9 Å². The molecule has 1 heterocycles. The van der Waals surface area contributed by atoms with Gasteiger partial charge in [0.05, 0.1) is 33.2 Å². The molecule has 0 bridgehead atoms. The Bertz CT molecular complexity index is 460. The van der Waals surface area contributed by atoms with Crippen LogP contribution in [0.4, 0.5) is 0 Å². The van der Waals surface area contributed by atoms with Gasteiger partial charge in [0.25, 0.3) is 0 Å². The van der Waals surface area contributed by atoms with Gasteiger partial charge in [-0.05, 0) is 6.42 Å². The summed E-state index contributed by atoms with van der Waals surface area (Å²) in [4.78, 5) is 37.7. The van der Waals surface area contributed by atoms with Crippen LogP contribution in [0.2, 0.25) is 0 Å². The molecule has 1 aliphatic rings. The molecule has 0 aromatic heterocycles. The Kier molecular flexibility index (Phi) is 4.92. The molecule has 1 fully saturated rings. The zero-order valence-corrected chi connectivity index (χ0v) is 11.5. The quantitative estimate of drug-likeness (QED) is 0.309. The highest BCUT2D eigenvalue weighted by molar-refractivity contribution is 6.07. The average molecular weight is 279 g/mol. The van der Waals surface area contributed by atoms with Gasteiger partial charge >= 0.3 is 11.9 Å². The van der Waals surface area contributed by atoms with Crippen LogP contribution in [0.5, 0.6) is 0 Å². The van der Waals surface area contributed by atoms with E-state index in [-0.39, 0.29) is 25.3 Å². The fourth-order valence-electron chi connectivity index (χ4n) is 2.54. The van der Waals surface area contributed by atoms with Crippen LogP contribution in [0.3, 0.4) is 0 Å². The van der Waals surface area contributed by atoms with Crippen LogP contribution in [0, 0.1) is 17.8 Å². The van der Waals surface area contributed by atoms with E-state index >= 15 is 0 Å². The lowest BCUT2D eigenvalue weighted by Gasteiger charge is -2.31. The van der Waals surface area contributed by atoms with Crippen LogP contribution in [-0.4, -0.2) is 49.6 Å². The summed E-state index contributed by atoms with van der Waals surface area (Å²) in [5, 5.41) is 0. The van der Waals surface area contributed by atoms with Gasteiger partial charge in [0.15, 0.2) is 5.41 Å². The van der Waals surface area contributed by atoms with Crippen molar-refractivity contribution >= 4 is 17.8 Å². The molecule has 1 unspecified atom stereocenters. The van der Waals surface area contributed by atoms with E-state index in [1.807, 2.05) is 0 Å². The maximum Gasteiger partial charge on any atom is 0.325 e. The van der Waals surface area contributed by atoms with Crippen molar-refractivity contribution in [3.05, 3.63) is 12.7 Å². The van der Waals surface area contributed by atoms with Crippen molar-refractivity contribution in [2.45, 2.75) is 18.9 Å². The first-order chi connectivity index (χ1) is 9.49. The van der Waals surface area contributed by atoms with E-state index in [4.69, 9.17) is 15.9 Å². The third-order valence-corrected chi connectivity index (χ3v) is 3.45. The summed E-state index contributed by atoms with van der Waals surface area (Å²) in [7, 11) is 2.32. The molecule has 0 radical (unpaired) electrons. The van der Waals surface area contributed by atoms with Gasteiger partial charge in [0.2, 0.25) is 5.91 Å². The number of likely N-dealkylation sites (tertiary alicyclic amines) is 1. The minimum Gasteiger partial charge on any atom is -0.468 e. The fraction of sp³-hybridized carbons (Fsp3) is 0.500. The van der Waals surface area contributed by atoms with Crippen LogP contribution in [0.25, 0.3) is 0 Å². The Morgan fingerprint density at radius 3 is 2.45 bits per heavy atom. The number of nitrogens with zero attached hydrogens (tertiary/aromatic N) is 1. The number of carbonyl (C=O) groups excluding carboxylic acids is 3. The zero-order valence-electron chi connectivity index (χ0n) is 11.5. The molecule has 6 heteroatoms. The van der Waals surface area contributed by atoms with E-state index < -0.39 is 23.4 Å². The highest BCUT2D eigenvalue weighted by Crippen LogP contribution is 2.42. The van der Waals surface area contributed by atoms with Crippen molar-refractivity contribution in [3.63, 3.8) is 0 Å². The summed E-state index contributed by atoms with van der Waals surface area (Å²) in [6.45, 7) is 3.59. The molecular weight excluding hydrogens is 262 g/mol. The standard InChI is InChI=1S/C14H17NO5/c1-5-7-10-14(12(17)19-3,13(18)20-4)9-11(16)15(10)8-6-2/h2,5,10H,1,7-9H2,3-4H3. The van der Waals surface area contributed by atoms with Crippen molar-refractivity contribution in [1.82, 2.24) is 4.90 Å². The van der Waals surface area contributed by atoms with Gasteiger partial charge in [-0.3, -0.25) is 14.4 Å². The molecule has 0 aromatic rings. The van der Waals surface area contributed by atoms with Gasteiger partial charge < -0.3 is 14.4 Å². The summed E-state index contributed by atoms with van der Waals surface area (Å²) in [5.74, 6) is 0.359. The highest BCUT2D eigenvalue weighted by Gasteiger charge is 2.62. The minimum absolute atomic E-state index is 0.00702. The number of rotatable bonds is 5. The predicted molar refractivity (Wildman–Crippen MR) is 70.2 cm³/mol. The first kappa shape index (κ1) is 15.8. The number of esters is 2. The second-order valence-corrected chi connectivity index (χ2v) is 4.40. The average Bonchev–Trinajstić information content (AvgIpc) is 2.72. The van der Waals surface area contributed by atoms with Crippen molar-refractivity contribution in [1.29, 1.82) is 0 Å². The summed E-state index contributed by atoms with van der Waals surface area (Å²) < 4.78 is 9.41. The van der Waals surface area contributed by atoms with Crippen molar-refractivity contribution in [2.24, 2.45) is 5.41 Å². The molecule has 0 spiro atoms. The normalized spacial score (nSPS) is 20.1. The molecule has 1 rings (SSSR count). The highest BCUT2D eigenvalue weighted by atomic mass is 16.5. The van der Waals surface area contributed by atoms with E-state index in [0.29, 0.717) is 0 Å². The molecule has 108 valence electrons. The van der Waals surface area contributed by atoms with Gasteiger partial charge in [-0.2, -0.15) is 0 Å². The monoisotopic (exact) mass is 279 g/mol. The maximum absolute atomic E-state index is 12.1. The largest absolute Gasteiger partial charge is 0.468 e. The number of carbonyl (C=O) groups is 3. The van der Waals surface area contributed by atoms with Crippen LogP contribution in [0.1, 0.15) is 12.8 Å². The molecule has 0 aliphatic carbocycles. The van der Waals surface area contributed by atoms with Crippen molar-refractivity contribution in [2.75, 3.05) is 20.8 Å². The van der Waals surface area contributed by atoms with E-state index in [2.05, 4.69) is 12.5 Å². The molecule has 0 N–H and O–H groups in total. The van der Waals surface area contributed by atoms with E-state index in [1.165, 1.54) is 11.0 Å². The first-order valence-electron chi connectivity index (χ1n) is 6.00. The van der Waals surface area contributed by atoms with E-state index in [9.17, 15) is 14.4 Å². The van der Waals surface area contributed by atoms with Crippen LogP contribution in [0.15, 0.2) is 12.7 Å². The lowest BCUT2D eigenvalue weighted by molar-refractivity contribution is -0.171. The Balaban J connectivity index is 3.37. The summed E-state index contributed by atoms with van der Waals surface area (Å²) >= 11 is 0. The summed E-state index contributed by atoms with van der Waals surface area (Å²) in [6, 6.07) is -0.747. The second kappa shape index (κ2) is 6.24. The van der Waals surface area contributed by atoms with Gasteiger partial charge in [-0.15, -0.1) is 13.0 Å². The van der Waals surface area contributed by atoms with Gasteiger partial charge in [0, 0.05) is 0 Å². The van der Waals surface area contributed by atoms with Crippen LogP contribution >= 0.6 is 0 Å².